The second-order valence-electron chi connectivity index (χ2n) is 5.13. The summed E-state index contributed by atoms with van der Waals surface area (Å²) >= 11 is 1.91. The van der Waals surface area contributed by atoms with Gasteiger partial charge in [-0.3, -0.25) is 4.79 Å². The molecule has 0 radical (unpaired) electrons. The normalized spacial score (nSPS) is 22.4. The largest absolute Gasteiger partial charge is 0.480 e. The summed E-state index contributed by atoms with van der Waals surface area (Å²) in [5, 5.41) is 13.4. The first-order valence-corrected chi connectivity index (χ1v) is 7.64. The van der Waals surface area contributed by atoms with Crippen LogP contribution in [0.4, 0.5) is 0 Å². The van der Waals surface area contributed by atoms with Gasteiger partial charge in [0.05, 0.1) is 0 Å². The van der Waals surface area contributed by atoms with E-state index >= 15 is 0 Å². The summed E-state index contributed by atoms with van der Waals surface area (Å²) in [4.78, 5) is 11.3. The molecule has 0 aromatic carbocycles. The lowest BCUT2D eigenvalue weighted by Crippen LogP contribution is -2.51. The zero-order chi connectivity index (χ0) is 13.6. The van der Waals surface area contributed by atoms with Crippen LogP contribution in [-0.2, 0) is 9.53 Å². The number of likely N-dealkylation sites (N-methyl/N-ethyl adjacent to an activating group) is 1. The summed E-state index contributed by atoms with van der Waals surface area (Å²) in [5.41, 5.74) is -0.813. The van der Waals surface area contributed by atoms with Crippen molar-refractivity contribution in [2.24, 2.45) is 0 Å². The van der Waals surface area contributed by atoms with E-state index in [0.717, 1.165) is 26.1 Å². The van der Waals surface area contributed by atoms with E-state index in [4.69, 9.17) is 4.74 Å². The second kappa shape index (κ2) is 7.36. The van der Waals surface area contributed by atoms with Crippen LogP contribution in [0.3, 0.4) is 0 Å². The van der Waals surface area contributed by atoms with Crippen LogP contribution >= 0.6 is 11.8 Å². The van der Waals surface area contributed by atoms with Gasteiger partial charge in [-0.15, -0.1) is 0 Å². The fraction of sp³-hybridized carbons (Fsp3) is 0.923. The van der Waals surface area contributed by atoms with Crippen LogP contribution in [0, 0.1) is 0 Å². The van der Waals surface area contributed by atoms with Gasteiger partial charge < -0.3 is 15.2 Å². The molecule has 1 saturated heterocycles. The Bertz CT molecular complexity index is 269. The Balaban J connectivity index is 2.45. The average Bonchev–Trinajstić information content (AvgIpc) is 2.30. The highest BCUT2D eigenvalue weighted by molar-refractivity contribution is 8.00. The molecule has 0 saturated carbocycles. The first-order chi connectivity index (χ1) is 8.48. The molecule has 5 heteroatoms. The van der Waals surface area contributed by atoms with E-state index in [1.807, 2.05) is 18.7 Å². The number of aliphatic carboxylic acids is 1. The van der Waals surface area contributed by atoms with E-state index < -0.39 is 11.5 Å². The zero-order valence-corrected chi connectivity index (χ0v) is 12.4. The maximum absolute atomic E-state index is 11.3. The molecule has 2 atom stereocenters. The zero-order valence-electron chi connectivity index (χ0n) is 11.6. The fourth-order valence-corrected chi connectivity index (χ4v) is 3.94. The summed E-state index contributed by atoms with van der Waals surface area (Å²) in [7, 11) is 0. The predicted octanol–water partition coefficient (Wildman–Crippen LogP) is 2.13. The number of carboxylic acids is 1. The van der Waals surface area contributed by atoms with Crippen molar-refractivity contribution in [2.45, 2.75) is 56.1 Å². The number of hydrogen-bond donors (Lipinski definition) is 2. The van der Waals surface area contributed by atoms with E-state index in [0.29, 0.717) is 23.5 Å². The minimum Gasteiger partial charge on any atom is -0.480 e. The van der Waals surface area contributed by atoms with E-state index in [2.05, 4.69) is 12.2 Å². The minimum absolute atomic E-state index is 0.341. The maximum Gasteiger partial charge on any atom is 0.323 e. The predicted molar refractivity (Wildman–Crippen MR) is 75.2 cm³/mol. The van der Waals surface area contributed by atoms with Crippen LogP contribution in [-0.4, -0.2) is 46.9 Å². The van der Waals surface area contributed by atoms with Crippen molar-refractivity contribution in [1.29, 1.82) is 0 Å². The average molecular weight is 275 g/mol. The van der Waals surface area contributed by atoms with Gasteiger partial charge in [-0.1, -0.05) is 13.8 Å². The first kappa shape index (κ1) is 15.8. The minimum atomic E-state index is -0.813. The van der Waals surface area contributed by atoms with Crippen LogP contribution in [0.5, 0.6) is 0 Å². The van der Waals surface area contributed by atoms with Crippen molar-refractivity contribution >= 4 is 17.7 Å². The van der Waals surface area contributed by atoms with Crippen molar-refractivity contribution in [3.63, 3.8) is 0 Å². The van der Waals surface area contributed by atoms with E-state index in [1.165, 1.54) is 0 Å². The summed E-state index contributed by atoms with van der Waals surface area (Å²) in [6.07, 6.45) is 2.82. The second-order valence-corrected chi connectivity index (χ2v) is 6.87. The molecule has 0 aromatic heterocycles. The Morgan fingerprint density at radius 3 is 2.67 bits per heavy atom. The fourth-order valence-electron chi connectivity index (χ4n) is 2.39. The standard InChI is InChI=1S/C13H25NO3S/c1-4-14-13(3,12(15)16)9-10(2)18-11-5-7-17-8-6-11/h10-11,14H,4-9H2,1-3H3,(H,15,16). The maximum atomic E-state index is 11.3. The van der Waals surface area contributed by atoms with Gasteiger partial charge in [0.25, 0.3) is 0 Å². The molecule has 18 heavy (non-hydrogen) atoms. The highest BCUT2D eigenvalue weighted by Gasteiger charge is 2.34. The number of thioether (sulfide) groups is 1. The lowest BCUT2D eigenvalue weighted by atomic mass is 9.96. The third kappa shape index (κ3) is 4.78. The number of ether oxygens (including phenoxy) is 1. The molecule has 0 aromatic rings. The molecule has 106 valence electrons. The van der Waals surface area contributed by atoms with Gasteiger partial charge >= 0.3 is 5.97 Å². The Labute approximate surface area is 114 Å². The topological polar surface area (TPSA) is 58.6 Å². The van der Waals surface area contributed by atoms with Gasteiger partial charge in [0.1, 0.15) is 5.54 Å². The Kier molecular flexibility index (Phi) is 6.46. The van der Waals surface area contributed by atoms with Crippen LogP contribution < -0.4 is 5.32 Å². The molecule has 4 nitrogen and oxygen atoms in total. The first-order valence-electron chi connectivity index (χ1n) is 6.69. The third-order valence-electron chi connectivity index (χ3n) is 3.33. The van der Waals surface area contributed by atoms with Crippen molar-refractivity contribution in [1.82, 2.24) is 5.32 Å². The summed E-state index contributed by atoms with van der Waals surface area (Å²) in [5.74, 6) is -0.760. The highest BCUT2D eigenvalue weighted by Crippen LogP contribution is 2.30. The molecular weight excluding hydrogens is 250 g/mol. The van der Waals surface area contributed by atoms with Gasteiger partial charge in [-0.2, -0.15) is 11.8 Å². The molecule has 1 aliphatic rings. The molecule has 1 heterocycles. The SMILES string of the molecule is CCNC(C)(CC(C)SC1CCOCC1)C(=O)O. The molecule has 1 aliphatic heterocycles. The number of carboxylic acid groups (broad SMARTS) is 1. The number of nitrogens with one attached hydrogen (secondary N) is 1. The van der Waals surface area contributed by atoms with Gasteiger partial charge in [0.15, 0.2) is 0 Å². The smallest absolute Gasteiger partial charge is 0.323 e. The Hall–Kier alpha value is -0.260. The summed E-state index contributed by atoms with van der Waals surface area (Å²) < 4.78 is 5.34. The van der Waals surface area contributed by atoms with Gasteiger partial charge in [0, 0.05) is 23.7 Å². The summed E-state index contributed by atoms with van der Waals surface area (Å²) in [6, 6.07) is 0. The van der Waals surface area contributed by atoms with Crippen molar-refractivity contribution in [3.8, 4) is 0 Å². The highest BCUT2D eigenvalue weighted by atomic mass is 32.2. The van der Waals surface area contributed by atoms with Gasteiger partial charge in [-0.25, -0.2) is 0 Å². The summed E-state index contributed by atoms with van der Waals surface area (Å²) in [6.45, 7) is 8.20. The van der Waals surface area contributed by atoms with E-state index in [1.54, 1.807) is 6.92 Å². The Morgan fingerprint density at radius 1 is 1.56 bits per heavy atom. The molecule has 2 N–H and O–H groups in total. The van der Waals surface area contributed by atoms with Crippen LogP contribution in [0.2, 0.25) is 0 Å². The molecule has 1 rings (SSSR count). The van der Waals surface area contributed by atoms with E-state index in [9.17, 15) is 9.90 Å². The van der Waals surface area contributed by atoms with Crippen LogP contribution in [0.25, 0.3) is 0 Å². The van der Waals surface area contributed by atoms with E-state index in [-0.39, 0.29) is 0 Å². The lowest BCUT2D eigenvalue weighted by molar-refractivity contribution is -0.144. The molecule has 0 spiro atoms. The molecule has 2 unspecified atom stereocenters. The number of hydrogen-bond acceptors (Lipinski definition) is 4. The number of carbonyl (C=O) groups is 1. The van der Waals surface area contributed by atoms with Gasteiger partial charge in [-0.05, 0) is 32.7 Å². The molecule has 1 fully saturated rings. The molecule has 0 aliphatic carbocycles. The Morgan fingerprint density at radius 2 is 2.17 bits per heavy atom. The van der Waals surface area contributed by atoms with Crippen molar-refractivity contribution < 1.29 is 14.6 Å². The van der Waals surface area contributed by atoms with Crippen molar-refractivity contribution in [3.05, 3.63) is 0 Å². The van der Waals surface area contributed by atoms with Crippen molar-refractivity contribution in [2.75, 3.05) is 19.8 Å². The third-order valence-corrected chi connectivity index (χ3v) is 4.82. The van der Waals surface area contributed by atoms with Crippen LogP contribution in [0.1, 0.15) is 40.0 Å². The lowest BCUT2D eigenvalue weighted by Gasteiger charge is -2.31. The monoisotopic (exact) mass is 275 g/mol. The number of rotatable bonds is 7. The quantitative estimate of drug-likeness (QED) is 0.745. The molecular formula is C13H25NO3S. The molecule has 0 amide bonds. The van der Waals surface area contributed by atoms with Gasteiger partial charge in [0.2, 0.25) is 0 Å². The van der Waals surface area contributed by atoms with Crippen LogP contribution in [0.15, 0.2) is 0 Å². The molecule has 0 bridgehead atoms.